The Kier molecular flexibility index (Phi) is 47.5. The molecule has 0 heterocycles. The smallest absolute Gasteiger partial charge is 0.472 e. The summed E-state index contributed by atoms with van der Waals surface area (Å²) in [6, 6.07) is -1.49. The molecule has 0 aliphatic rings. The number of carboxylic acids is 1. The van der Waals surface area contributed by atoms with Gasteiger partial charge in [-0.3, -0.25) is 18.6 Å². The van der Waals surface area contributed by atoms with Crippen molar-refractivity contribution in [3.05, 3.63) is 122 Å². The van der Waals surface area contributed by atoms with Gasteiger partial charge in [-0.2, -0.15) is 0 Å². The Morgan fingerprint density at radius 3 is 1.30 bits per heavy atom. The molecule has 0 aliphatic heterocycles. The molecule has 0 rings (SSSR count). The number of allylic oxidation sites excluding steroid dienone is 20. The van der Waals surface area contributed by atoms with Crippen molar-refractivity contribution in [1.82, 2.24) is 0 Å². The van der Waals surface area contributed by atoms with E-state index in [1.54, 1.807) is 0 Å². The van der Waals surface area contributed by atoms with E-state index in [0.717, 1.165) is 83.5 Å². The first-order valence-electron chi connectivity index (χ1n) is 25.6. The molecule has 0 aromatic heterocycles. The number of nitrogens with two attached hydrogens (primary N) is 1. The van der Waals surface area contributed by atoms with Gasteiger partial charge < -0.3 is 25.2 Å². The molecule has 3 atom stereocenters. The maximum absolute atomic E-state index is 12.7. The summed E-state index contributed by atoms with van der Waals surface area (Å²) in [5.74, 6) is -1.86. The number of phosphoric acid groups is 1. The van der Waals surface area contributed by atoms with E-state index in [0.29, 0.717) is 19.4 Å². The molecule has 0 fully saturated rings. The van der Waals surface area contributed by atoms with Crippen LogP contribution in [0.4, 0.5) is 0 Å². The zero-order valence-electron chi connectivity index (χ0n) is 41.7. The van der Waals surface area contributed by atoms with E-state index >= 15 is 0 Å². The second kappa shape index (κ2) is 50.3. The summed E-state index contributed by atoms with van der Waals surface area (Å²) < 4.78 is 33.4. The number of rotatable bonds is 47. The molecule has 67 heavy (non-hydrogen) atoms. The van der Waals surface area contributed by atoms with Crippen molar-refractivity contribution in [3.8, 4) is 0 Å². The van der Waals surface area contributed by atoms with Gasteiger partial charge in [0.1, 0.15) is 12.1 Å². The topological polar surface area (TPSA) is 155 Å². The van der Waals surface area contributed by atoms with E-state index < -0.39 is 45.1 Å². The Morgan fingerprint density at radius 1 is 0.493 bits per heavy atom. The van der Waals surface area contributed by atoms with Gasteiger partial charge in [-0.1, -0.05) is 193 Å². The van der Waals surface area contributed by atoms with Crippen molar-refractivity contribution in [2.24, 2.45) is 5.73 Å². The van der Waals surface area contributed by atoms with Gasteiger partial charge in [-0.05, 0) is 103 Å². The third kappa shape index (κ3) is 50.1. The number of carbonyl (C=O) groups is 2. The maximum atomic E-state index is 12.7. The highest BCUT2D eigenvalue weighted by molar-refractivity contribution is 7.47. The monoisotopic (exact) mass is 954 g/mol. The Bertz CT molecular complexity index is 1520. The van der Waals surface area contributed by atoms with Crippen LogP contribution in [0.2, 0.25) is 0 Å². The molecule has 0 amide bonds. The van der Waals surface area contributed by atoms with Crippen LogP contribution < -0.4 is 5.73 Å². The Morgan fingerprint density at radius 2 is 0.866 bits per heavy atom. The predicted molar refractivity (Wildman–Crippen MR) is 281 cm³/mol. The van der Waals surface area contributed by atoms with E-state index in [9.17, 15) is 19.0 Å². The number of carbonyl (C=O) groups excluding carboxylic acids is 1. The molecule has 0 bridgehead atoms. The van der Waals surface area contributed by atoms with Crippen LogP contribution in [0.25, 0.3) is 0 Å². The van der Waals surface area contributed by atoms with E-state index in [-0.39, 0.29) is 13.0 Å². The minimum Gasteiger partial charge on any atom is -0.480 e. The predicted octanol–water partition coefficient (Wildman–Crippen LogP) is 15.2. The molecule has 3 unspecified atom stereocenters. The number of ether oxygens (including phenoxy) is 2. The fourth-order valence-corrected chi connectivity index (χ4v) is 7.08. The van der Waals surface area contributed by atoms with Gasteiger partial charge in [0.15, 0.2) is 0 Å². The number of unbranched alkanes of at least 4 members (excludes halogenated alkanes) is 13. The third-order valence-corrected chi connectivity index (χ3v) is 11.2. The van der Waals surface area contributed by atoms with Crippen molar-refractivity contribution in [1.29, 1.82) is 0 Å². The standard InChI is InChI=1S/C56H92NO9P/c1-3-5-7-9-11-13-15-17-19-21-23-25-27-28-30-32-34-36-38-40-42-44-46-48-55(58)66-53(51-64-67(61,62)65-52-54(57)56(59)60)50-63-49-47-45-43-41-39-37-35-33-31-29-26-24-22-20-18-16-14-12-10-8-6-4-2/h5,7,11,13,16-19,22-25,28-31,34,36,40,42,53-54H,3-4,6,8-10,12,14-15,20-21,26-27,32-33,35,37-39,41,43-52,57H2,1-2H3,(H,59,60)(H,61,62)/b7-5-,13-11-,18-16-,19-17-,24-22-,25-23-,30-28-,31-29-,36-34-,42-40-. The molecule has 0 saturated heterocycles. The van der Waals surface area contributed by atoms with E-state index in [1.807, 2.05) is 6.08 Å². The van der Waals surface area contributed by atoms with Gasteiger partial charge in [0, 0.05) is 13.0 Å². The highest BCUT2D eigenvalue weighted by Crippen LogP contribution is 2.43. The normalized spacial score (nSPS) is 14.7. The number of carboxylic acid groups (broad SMARTS) is 1. The molecule has 0 radical (unpaired) electrons. The summed E-state index contributed by atoms with van der Waals surface area (Å²) in [6.07, 6.45) is 69.8. The molecule has 4 N–H and O–H groups in total. The molecule has 11 heteroatoms. The quantitative estimate of drug-likeness (QED) is 0.0232. The number of hydrogen-bond acceptors (Lipinski definition) is 8. The average molecular weight is 954 g/mol. The highest BCUT2D eigenvalue weighted by Gasteiger charge is 2.27. The summed E-state index contributed by atoms with van der Waals surface area (Å²) >= 11 is 0. The first kappa shape index (κ1) is 63.4. The van der Waals surface area contributed by atoms with Crippen LogP contribution in [0.15, 0.2) is 122 Å². The average Bonchev–Trinajstić information content (AvgIpc) is 3.31. The van der Waals surface area contributed by atoms with Crippen LogP contribution in [0.5, 0.6) is 0 Å². The largest absolute Gasteiger partial charge is 0.480 e. The second-order valence-corrected chi connectivity index (χ2v) is 18.0. The van der Waals surface area contributed by atoms with E-state index in [4.69, 9.17) is 29.4 Å². The van der Waals surface area contributed by atoms with E-state index in [1.165, 1.54) is 64.2 Å². The third-order valence-electron chi connectivity index (χ3n) is 10.2. The lowest BCUT2D eigenvalue weighted by Gasteiger charge is -2.20. The molecule has 10 nitrogen and oxygen atoms in total. The van der Waals surface area contributed by atoms with E-state index in [2.05, 4.69) is 129 Å². The summed E-state index contributed by atoms with van der Waals surface area (Å²) in [6.45, 7) is 3.65. The van der Waals surface area contributed by atoms with Gasteiger partial charge in [0.2, 0.25) is 0 Å². The van der Waals surface area contributed by atoms with Crippen molar-refractivity contribution in [2.45, 2.75) is 193 Å². The van der Waals surface area contributed by atoms with Gasteiger partial charge in [0.05, 0.1) is 19.8 Å². The van der Waals surface area contributed by atoms with Gasteiger partial charge in [-0.15, -0.1) is 0 Å². The Hall–Kier alpha value is -3.63. The highest BCUT2D eigenvalue weighted by atomic mass is 31.2. The molecular formula is C56H92NO9P. The summed E-state index contributed by atoms with van der Waals surface area (Å²) in [5, 5.41) is 8.93. The van der Waals surface area contributed by atoms with Crippen LogP contribution in [0.1, 0.15) is 181 Å². The molecular weight excluding hydrogens is 862 g/mol. The fraction of sp³-hybridized carbons (Fsp3) is 0.607. The maximum Gasteiger partial charge on any atom is 0.472 e. The van der Waals surface area contributed by atoms with Crippen LogP contribution in [-0.4, -0.2) is 60.5 Å². The van der Waals surface area contributed by atoms with Crippen molar-refractivity contribution in [3.63, 3.8) is 0 Å². The molecule has 0 aliphatic carbocycles. The number of esters is 1. The zero-order chi connectivity index (χ0) is 49.0. The van der Waals surface area contributed by atoms with Crippen LogP contribution >= 0.6 is 7.82 Å². The lowest BCUT2D eigenvalue weighted by atomic mass is 10.1. The Balaban J connectivity index is 4.32. The molecule has 380 valence electrons. The minimum atomic E-state index is -4.65. The second-order valence-electron chi connectivity index (χ2n) is 16.6. The lowest BCUT2D eigenvalue weighted by molar-refractivity contribution is -0.154. The van der Waals surface area contributed by atoms with Gasteiger partial charge in [-0.25, -0.2) is 4.57 Å². The van der Waals surface area contributed by atoms with Crippen molar-refractivity contribution < 1.29 is 42.7 Å². The molecule has 0 spiro atoms. The number of hydrogen-bond donors (Lipinski definition) is 3. The summed E-state index contributed by atoms with van der Waals surface area (Å²) in [5.41, 5.74) is 5.37. The Labute approximate surface area is 407 Å². The first-order chi connectivity index (χ1) is 32.7. The van der Waals surface area contributed by atoms with Gasteiger partial charge in [0.25, 0.3) is 0 Å². The SMILES string of the molecule is CC/C=C\C/C=C\C/C=C\C/C=C\C/C=C\C/C=C\C/C=C\CCCC(=O)OC(COCCCCCCCCC/C=C\C/C=C\C/C=C\CCCCCCC)COP(=O)(O)OCC(N)C(=O)O. The van der Waals surface area contributed by atoms with Crippen molar-refractivity contribution in [2.75, 3.05) is 26.4 Å². The van der Waals surface area contributed by atoms with Crippen LogP contribution in [0, 0.1) is 0 Å². The van der Waals surface area contributed by atoms with Gasteiger partial charge >= 0.3 is 19.8 Å². The minimum absolute atomic E-state index is 0.0220. The first-order valence-corrected chi connectivity index (χ1v) is 27.1. The molecule has 0 aromatic rings. The summed E-state index contributed by atoms with van der Waals surface area (Å²) in [7, 11) is -4.65. The number of aliphatic carboxylic acids is 1. The summed E-state index contributed by atoms with van der Waals surface area (Å²) in [4.78, 5) is 33.7. The number of phosphoric ester groups is 1. The molecule has 0 saturated carbocycles. The lowest BCUT2D eigenvalue weighted by Crippen LogP contribution is -2.34. The molecule has 0 aromatic carbocycles. The fourth-order valence-electron chi connectivity index (χ4n) is 6.30. The van der Waals surface area contributed by atoms with Crippen molar-refractivity contribution >= 4 is 19.8 Å². The van der Waals surface area contributed by atoms with Crippen LogP contribution in [0.3, 0.4) is 0 Å². The van der Waals surface area contributed by atoms with Crippen LogP contribution in [-0.2, 0) is 32.7 Å². The zero-order valence-corrected chi connectivity index (χ0v) is 42.6.